The van der Waals surface area contributed by atoms with Gasteiger partial charge in [0.25, 0.3) is 0 Å². The predicted octanol–water partition coefficient (Wildman–Crippen LogP) is 6.34. The highest BCUT2D eigenvalue weighted by Gasteiger charge is 2.16. The number of hydrogen-bond acceptors (Lipinski definition) is 4. The molecular weight excluding hydrogens is 400 g/mol. The van der Waals surface area contributed by atoms with Crippen LogP contribution in [0.3, 0.4) is 0 Å². The van der Waals surface area contributed by atoms with E-state index >= 15 is 0 Å². The molecular formula is C26H22N4S. The van der Waals surface area contributed by atoms with Gasteiger partial charge in [0.2, 0.25) is 0 Å². The maximum Gasteiger partial charge on any atom is 0.196 e. The molecule has 2 aromatic heterocycles. The van der Waals surface area contributed by atoms with Gasteiger partial charge in [0.15, 0.2) is 11.0 Å². The third kappa shape index (κ3) is 4.09. The van der Waals surface area contributed by atoms with Crippen LogP contribution in [-0.4, -0.2) is 19.7 Å². The number of rotatable bonds is 6. The number of aromatic nitrogens is 4. The van der Waals surface area contributed by atoms with Gasteiger partial charge in [-0.1, -0.05) is 73.3 Å². The summed E-state index contributed by atoms with van der Waals surface area (Å²) in [5.41, 5.74) is 4.65. The molecule has 3 aromatic carbocycles. The van der Waals surface area contributed by atoms with Crippen LogP contribution in [0.25, 0.3) is 27.8 Å². The smallest absolute Gasteiger partial charge is 0.196 e. The third-order valence-electron chi connectivity index (χ3n) is 5.36. The van der Waals surface area contributed by atoms with E-state index in [9.17, 15) is 0 Å². The average Bonchev–Trinajstić information content (AvgIpc) is 3.27. The minimum Gasteiger partial charge on any atom is -0.270 e. The minimum atomic E-state index is 0.826. The summed E-state index contributed by atoms with van der Waals surface area (Å²) in [5, 5.41) is 12.5. The van der Waals surface area contributed by atoms with Gasteiger partial charge in [-0.05, 0) is 52.6 Å². The van der Waals surface area contributed by atoms with Crippen molar-refractivity contribution in [3.8, 4) is 17.1 Å². The molecule has 0 unspecified atom stereocenters. The molecule has 0 saturated heterocycles. The second kappa shape index (κ2) is 8.74. The van der Waals surface area contributed by atoms with Crippen LogP contribution in [0.5, 0.6) is 0 Å². The zero-order valence-corrected chi connectivity index (χ0v) is 18.1. The van der Waals surface area contributed by atoms with Crippen molar-refractivity contribution in [1.82, 2.24) is 19.7 Å². The number of thioether (sulfide) groups is 1. The monoisotopic (exact) mass is 422 g/mol. The summed E-state index contributed by atoms with van der Waals surface area (Å²) in [4.78, 5) is 4.14. The van der Waals surface area contributed by atoms with Gasteiger partial charge < -0.3 is 0 Å². The van der Waals surface area contributed by atoms with Gasteiger partial charge in [-0.15, -0.1) is 10.2 Å². The van der Waals surface area contributed by atoms with E-state index in [4.69, 9.17) is 0 Å². The summed E-state index contributed by atoms with van der Waals surface area (Å²) in [6.45, 7) is 2.17. The second-order valence-corrected chi connectivity index (χ2v) is 8.31. The van der Waals surface area contributed by atoms with Crippen molar-refractivity contribution in [2.24, 2.45) is 0 Å². The predicted molar refractivity (Wildman–Crippen MR) is 127 cm³/mol. The largest absolute Gasteiger partial charge is 0.270 e. The van der Waals surface area contributed by atoms with Crippen LogP contribution < -0.4 is 0 Å². The van der Waals surface area contributed by atoms with E-state index in [1.54, 1.807) is 24.2 Å². The molecule has 0 fully saturated rings. The highest BCUT2D eigenvalue weighted by Crippen LogP contribution is 2.30. The van der Waals surface area contributed by atoms with E-state index in [-0.39, 0.29) is 0 Å². The zero-order chi connectivity index (χ0) is 21.0. The normalized spacial score (nSPS) is 11.1. The Bertz CT molecular complexity index is 1310. The number of benzene rings is 3. The van der Waals surface area contributed by atoms with Crippen LogP contribution in [0, 0.1) is 0 Å². The molecule has 0 aliphatic carbocycles. The third-order valence-corrected chi connectivity index (χ3v) is 6.36. The van der Waals surface area contributed by atoms with E-state index < -0.39 is 0 Å². The first-order valence-corrected chi connectivity index (χ1v) is 11.4. The van der Waals surface area contributed by atoms with Gasteiger partial charge in [-0.2, -0.15) is 0 Å². The lowest BCUT2D eigenvalue weighted by atomic mass is 10.1. The van der Waals surface area contributed by atoms with Crippen LogP contribution in [-0.2, 0) is 12.2 Å². The first kappa shape index (κ1) is 19.5. The fourth-order valence-electron chi connectivity index (χ4n) is 3.64. The van der Waals surface area contributed by atoms with E-state index in [1.807, 2.05) is 12.1 Å². The summed E-state index contributed by atoms with van der Waals surface area (Å²) < 4.78 is 2.14. The number of pyridine rings is 1. The molecule has 5 heteroatoms. The molecule has 0 saturated carbocycles. The molecule has 152 valence electrons. The maximum atomic E-state index is 4.54. The fraction of sp³-hybridized carbons (Fsp3) is 0.115. The standard InChI is InChI=1S/C26H22N4S/c1-2-19-8-11-24(12-9-19)30-25(22-13-15-27-16-14-22)28-29-26(30)31-18-20-7-10-21-5-3-4-6-23(21)17-20/h3-17H,2,18H2,1H3. The van der Waals surface area contributed by atoms with Crippen molar-refractivity contribution in [3.63, 3.8) is 0 Å². The molecule has 0 spiro atoms. The van der Waals surface area contributed by atoms with Gasteiger partial charge >= 0.3 is 0 Å². The number of nitrogens with zero attached hydrogens (tertiary/aromatic N) is 4. The minimum absolute atomic E-state index is 0.826. The summed E-state index contributed by atoms with van der Waals surface area (Å²) in [5.74, 6) is 1.65. The van der Waals surface area contributed by atoms with E-state index in [1.165, 1.54) is 21.9 Å². The van der Waals surface area contributed by atoms with Crippen molar-refractivity contribution in [2.45, 2.75) is 24.3 Å². The number of fused-ring (bicyclic) bond motifs is 1. The first-order chi connectivity index (χ1) is 15.3. The van der Waals surface area contributed by atoms with E-state index in [2.05, 4.69) is 93.4 Å². The molecule has 0 N–H and O–H groups in total. The Labute approximate surface area is 186 Å². The number of hydrogen-bond donors (Lipinski definition) is 0. The van der Waals surface area contributed by atoms with Crippen LogP contribution in [0.15, 0.2) is 96.4 Å². The number of aryl methyl sites for hydroxylation is 1. The fourth-order valence-corrected chi connectivity index (χ4v) is 4.54. The zero-order valence-electron chi connectivity index (χ0n) is 17.3. The summed E-state index contributed by atoms with van der Waals surface area (Å²) in [6, 6.07) is 27.7. The van der Waals surface area contributed by atoms with Crippen molar-refractivity contribution >= 4 is 22.5 Å². The Hall–Kier alpha value is -3.44. The molecule has 0 radical (unpaired) electrons. The molecule has 2 heterocycles. The Morgan fingerprint density at radius 2 is 1.52 bits per heavy atom. The second-order valence-electron chi connectivity index (χ2n) is 7.37. The highest BCUT2D eigenvalue weighted by atomic mass is 32.2. The summed E-state index contributed by atoms with van der Waals surface area (Å²) >= 11 is 1.70. The maximum absolute atomic E-state index is 4.54. The lowest BCUT2D eigenvalue weighted by molar-refractivity contribution is 0.885. The Balaban J connectivity index is 1.50. The van der Waals surface area contributed by atoms with Crippen molar-refractivity contribution < 1.29 is 0 Å². The van der Waals surface area contributed by atoms with Gasteiger partial charge in [-0.25, -0.2) is 0 Å². The Morgan fingerprint density at radius 1 is 0.774 bits per heavy atom. The molecule has 31 heavy (non-hydrogen) atoms. The molecule has 0 amide bonds. The van der Waals surface area contributed by atoms with E-state index in [0.717, 1.165) is 34.4 Å². The molecule has 4 nitrogen and oxygen atoms in total. The lowest BCUT2D eigenvalue weighted by Gasteiger charge is -2.11. The van der Waals surface area contributed by atoms with Crippen molar-refractivity contribution in [3.05, 3.63) is 102 Å². The molecule has 5 aromatic rings. The van der Waals surface area contributed by atoms with Crippen LogP contribution in [0.1, 0.15) is 18.1 Å². The van der Waals surface area contributed by atoms with Gasteiger partial charge in [0.1, 0.15) is 0 Å². The van der Waals surface area contributed by atoms with Crippen LogP contribution in [0.2, 0.25) is 0 Å². The summed E-state index contributed by atoms with van der Waals surface area (Å²) in [7, 11) is 0. The molecule has 0 atom stereocenters. The van der Waals surface area contributed by atoms with E-state index in [0.29, 0.717) is 0 Å². The van der Waals surface area contributed by atoms with Crippen LogP contribution >= 0.6 is 11.8 Å². The SMILES string of the molecule is CCc1ccc(-n2c(SCc3ccc4ccccc4c3)nnc2-c2ccncc2)cc1. The van der Waals surface area contributed by atoms with Gasteiger partial charge in [0.05, 0.1) is 0 Å². The molecule has 0 aliphatic heterocycles. The van der Waals surface area contributed by atoms with Crippen molar-refractivity contribution in [2.75, 3.05) is 0 Å². The van der Waals surface area contributed by atoms with Gasteiger partial charge in [0, 0.05) is 29.4 Å². The Morgan fingerprint density at radius 3 is 2.29 bits per heavy atom. The molecule has 0 bridgehead atoms. The Kier molecular flexibility index (Phi) is 5.50. The topological polar surface area (TPSA) is 43.6 Å². The quantitative estimate of drug-likeness (QED) is 0.300. The van der Waals surface area contributed by atoms with Crippen molar-refractivity contribution in [1.29, 1.82) is 0 Å². The highest BCUT2D eigenvalue weighted by molar-refractivity contribution is 7.98. The van der Waals surface area contributed by atoms with Crippen LogP contribution in [0.4, 0.5) is 0 Å². The van der Waals surface area contributed by atoms with Gasteiger partial charge in [-0.3, -0.25) is 9.55 Å². The summed E-state index contributed by atoms with van der Waals surface area (Å²) in [6.07, 6.45) is 4.59. The molecule has 5 rings (SSSR count). The average molecular weight is 423 g/mol. The first-order valence-electron chi connectivity index (χ1n) is 10.4. The lowest BCUT2D eigenvalue weighted by Crippen LogP contribution is -2.00. The molecule has 0 aliphatic rings.